The van der Waals surface area contributed by atoms with Gasteiger partial charge in [0.15, 0.2) is 0 Å². The van der Waals surface area contributed by atoms with Gasteiger partial charge in [-0.2, -0.15) is 0 Å². The number of likely N-dealkylation sites (tertiary alicyclic amines) is 1. The number of urea groups is 1. The predicted octanol–water partition coefficient (Wildman–Crippen LogP) is 0.0731. The van der Waals surface area contributed by atoms with Gasteiger partial charge in [-0.25, -0.2) is 4.79 Å². The molecule has 0 aromatic rings. The summed E-state index contributed by atoms with van der Waals surface area (Å²) in [6.07, 6.45) is 0. The smallest absolute Gasteiger partial charge is 0.320 e. The van der Waals surface area contributed by atoms with Crippen LogP contribution in [-0.4, -0.2) is 64.8 Å². The number of carboxylic acid groups (broad SMARTS) is 1. The van der Waals surface area contributed by atoms with Crippen LogP contribution in [0.25, 0.3) is 0 Å². The molecule has 0 unspecified atom stereocenters. The Morgan fingerprint density at radius 3 is 2.47 bits per heavy atom. The number of carboxylic acids is 1. The Bertz CT molecular complexity index is 295. The van der Waals surface area contributed by atoms with Crippen molar-refractivity contribution < 1.29 is 19.8 Å². The highest BCUT2D eigenvalue weighted by atomic mass is 16.4. The van der Waals surface area contributed by atoms with E-state index in [1.807, 2.05) is 13.8 Å². The van der Waals surface area contributed by atoms with Crippen molar-refractivity contribution in [1.82, 2.24) is 9.80 Å². The number of carbonyl (C=O) groups excluding carboxylic acids is 1. The molecule has 1 aliphatic heterocycles. The van der Waals surface area contributed by atoms with Crippen molar-refractivity contribution in [1.29, 1.82) is 0 Å². The van der Waals surface area contributed by atoms with Gasteiger partial charge in [0.25, 0.3) is 0 Å². The number of aliphatic carboxylic acids is 1. The lowest BCUT2D eigenvalue weighted by atomic mass is 9.99. The number of aliphatic hydroxyl groups is 1. The molecule has 0 bridgehead atoms. The van der Waals surface area contributed by atoms with Gasteiger partial charge in [-0.1, -0.05) is 6.92 Å². The molecule has 0 aromatic carbocycles. The molecule has 1 rings (SSSR count). The van der Waals surface area contributed by atoms with E-state index in [2.05, 4.69) is 0 Å². The Morgan fingerprint density at radius 1 is 1.41 bits per heavy atom. The Balaban J connectivity index is 2.63. The van der Waals surface area contributed by atoms with Gasteiger partial charge in [-0.3, -0.25) is 4.79 Å². The van der Waals surface area contributed by atoms with E-state index in [9.17, 15) is 9.59 Å². The molecular formula is C11H20N2O4. The average Bonchev–Trinajstić information content (AvgIpc) is 2.67. The summed E-state index contributed by atoms with van der Waals surface area (Å²) >= 11 is 0. The summed E-state index contributed by atoms with van der Waals surface area (Å²) in [5.74, 6) is -1.35. The molecule has 2 N–H and O–H groups in total. The molecular weight excluding hydrogens is 224 g/mol. The number of nitrogens with zero attached hydrogens (tertiary/aromatic N) is 2. The lowest BCUT2D eigenvalue weighted by molar-refractivity contribution is -0.142. The Morgan fingerprint density at radius 2 is 2.06 bits per heavy atom. The summed E-state index contributed by atoms with van der Waals surface area (Å²) in [5, 5.41) is 17.8. The van der Waals surface area contributed by atoms with Gasteiger partial charge in [0.1, 0.15) is 0 Å². The molecule has 17 heavy (non-hydrogen) atoms. The van der Waals surface area contributed by atoms with Crippen molar-refractivity contribution >= 4 is 12.0 Å². The second-order valence-corrected chi connectivity index (χ2v) is 4.41. The molecule has 0 spiro atoms. The van der Waals surface area contributed by atoms with Crippen LogP contribution in [0.5, 0.6) is 0 Å². The number of aliphatic hydroxyl groups excluding tert-OH is 1. The molecule has 1 aliphatic rings. The molecule has 6 heteroatoms. The summed E-state index contributed by atoms with van der Waals surface area (Å²) in [6, 6.07) is -0.183. The Labute approximate surface area is 101 Å². The second-order valence-electron chi connectivity index (χ2n) is 4.41. The van der Waals surface area contributed by atoms with E-state index in [0.717, 1.165) is 0 Å². The van der Waals surface area contributed by atoms with Gasteiger partial charge in [0, 0.05) is 26.2 Å². The Hall–Kier alpha value is -1.30. The number of hydrogen-bond acceptors (Lipinski definition) is 3. The number of rotatable bonds is 4. The van der Waals surface area contributed by atoms with Gasteiger partial charge >= 0.3 is 12.0 Å². The van der Waals surface area contributed by atoms with E-state index < -0.39 is 11.9 Å². The van der Waals surface area contributed by atoms with Crippen molar-refractivity contribution in [3.8, 4) is 0 Å². The van der Waals surface area contributed by atoms with Crippen LogP contribution in [0.3, 0.4) is 0 Å². The van der Waals surface area contributed by atoms with Gasteiger partial charge in [0.2, 0.25) is 0 Å². The zero-order valence-electron chi connectivity index (χ0n) is 10.3. The summed E-state index contributed by atoms with van der Waals surface area (Å²) in [6.45, 7) is 5.14. The average molecular weight is 244 g/mol. The van der Waals surface area contributed by atoms with E-state index in [0.29, 0.717) is 13.1 Å². The van der Waals surface area contributed by atoms with E-state index >= 15 is 0 Å². The minimum atomic E-state index is -0.849. The number of amides is 2. The first-order valence-electron chi connectivity index (χ1n) is 5.88. The normalized spacial score (nSPS) is 23.8. The fourth-order valence-corrected chi connectivity index (χ4v) is 2.15. The third kappa shape index (κ3) is 3.09. The topological polar surface area (TPSA) is 81.1 Å². The molecule has 0 radical (unpaired) electrons. The van der Waals surface area contributed by atoms with Crippen molar-refractivity contribution in [2.24, 2.45) is 11.8 Å². The fourth-order valence-electron chi connectivity index (χ4n) is 2.15. The van der Waals surface area contributed by atoms with Crippen LogP contribution in [0, 0.1) is 11.8 Å². The highest BCUT2D eigenvalue weighted by Crippen LogP contribution is 2.24. The van der Waals surface area contributed by atoms with Gasteiger partial charge in [-0.05, 0) is 12.8 Å². The molecule has 6 nitrogen and oxygen atoms in total. The van der Waals surface area contributed by atoms with E-state index in [1.165, 1.54) is 4.90 Å². The molecule has 98 valence electrons. The number of carbonyl (C=O) groups is 2. The van der Waals surface area contributed by atoms with Crippen molar-refractivity contribution in [3.63, 3.8) is 0 Å². The molecule has 0 saturated carbocycles. The summed E-state index contributed by atoms with van der Waals surface area (Å²) < 4.78 is 0. The van der Waals surface area contributed by atoms with Crippen LogP contribution in [0.15, 0.2) is 0 Å². The lowest BCUT2D eigenvalue weighted by Gasteiger charge is -2.26. The fraction of sp³-hybridized carbons (Fsp3) is 0.818. The lowest BCUT2D eigenvalue weighted by Crippen LogP contribution is -2.43. The quantitative estimate of drug-likeness (QED) is 0.733. The third-order valence-corrected chi connectivity index (χ3v) is 3.22. The maximum Gasteiger partial charge on any atom is 0.320 e. The molecule has 1 saturated heterocycles. The largest absolute Gasteiger partial charge is 0.481 e. The standard InChI is InChI=1S/C11H20N2O4/c1-3-12(4-5-14)11(17)13-6-8(2)9(7-13)10(15)16/h8-9,14H,3-7H2,1-2H3,(H,15,16)/t8-,9-/m1/s1. The SMILES string of the molecule is CCN(CCO)C(=O)N1C[C@@H](C)[C@H](C(=O)O)C1. The highest BCUT2D eigenvalue weighted by molar-refractivity contribution is 5.77. The monoisotopic (exact) mass is 244 g/mol. The van der Waals surface area contributed by atoms with Crippen LogP contribution in [-0.2, 0) is 4.79 Å². The first-order valence-corrected chi connectivity index (χ1v) is 5.88. The van der Waals surface area contributed by atoms with Gasteiger partial charge in [-0.15, -0.1) is 0 Å². The zero-order valence-corrected chi connectivity index (χ0v) is 10.3. The third-order valence-electron chi connectivity index (χ3n) is 3.22. The zero-order chi connectivity index (χ0) is 13.0. The molecule has 0 aliphatic carbocycles. The summed E-state index contributed by atoms with van der Waals surface area (Å²) in [7, 11) is 0. The van der Waals surface area contributed by atoms with E-state index in [4.69, 9.17) is 10.2 Å². The molecule has 1 fully saturated rings. The first kappa shape index (κ1) is 13.8. The first-order chi connectivity index (χ1) is 8.01. The second kappa shape index (κ2) is 5.86. The Kier molecular flexibility index (Phi) is 4.74. The van der Waals surface area contributed by atoms with Crippen molar-refractivity contribution in [2.45, 2.75) is 13.8 Å². The maximum atomic E-state index is 12.0. The van der Waals surface area contributed by atoms with Gasteiger partial charge in [0.05, 0.1) is 12.5 Å². The summed E-state index contributed by atoms with van der Waals surface area (Å²) in [4.78, 5) is 26.1. The minimum Gasteiger partial charge on any atom is -0.481 e. The van der Waals surface area contributed by atoms with Gasteiger partial charge < -0.3 is 20.0 Å². The molecule has 2 amide bonds. The van der Waals surface area contributed by atoms with Crippen molar-refractivity contribution in [3.05, 3.63) is 0 Å². The van der Waals surface area contributed by atoms with Crippen LogP contribution >= 0.6 is 0 Å². The maximum absolute atomic E-state index is 12.0. The minimum absolute atomic E-state index is 0.0238. The van der Waals surface area contributed by atoms with Crippen LogP contribution < -0.4 is 0 Å². The van der Waals surface area contributed by atoms with E-state index in [1.54, 1.807) is 4.90 Å². The van der Waals surface area contributed by atoms with Crippen molar-refractivity contribution in [2.75, 3.05) is 32.8 Å². The van der Waals surface area contributed by atoms with Crippen LogP contribution in [0.4, 0.5) is 4.79 Å². The summed E-state index contributed by atoms with van der Waals surface area (Å²) in [5.41, 5.74) is 0. The number of likely N-dealkylation sites (N-methyl/N-ethyl adjacent to an activating group) is 1. The predicted molar refractivity (Wildman–Crippen MR) is 61.6 cm³/mol. The van der Waals surface area contributed by atoms with E-state index in [-0.39, 0.29) is 31.6 Å². The number of hydrogen-bond donors (Lipinski definition) is 2. The molecule has 0 aromatic heterocycles. The molecule has 1 heterocycles. The van der Waals surface area contributed by atoms with Crippen LogP contribution in [0.1, 0.15) is 13.8 Å². The van der Waals surface area contributed by atoms with Crippen LogP contribution in [0.2, 0.25) is 0 Å². The molecule has 2 atom stereocenters. The highest BCUT2D eigenvalue weighted by Gasteiger charge is 2.37.